The maximum absolute atomic E-state index is 12.8. The molecule has 0 aromatic carbocycles. The van der Waals surface area contributed by atoms with Crippen molar-refractivity contribution in [2.24, 2.45) is 0 Å². The van der Waals surface area contributed by atoms with Crippen LogP contribution in [0.3, 0.4) is 0 Å². The first-order valence-corrected chi connectivity index (χ1v) is 8.08. The van der Waals surface area contributed by atoms with Crippen LogP contribution in [0.2, 0.25) is 0 Å². The van der Waals surface area contributed by atoms with Crippen molar-refractivity contribution >= 4 is 18.0 Å². The average Bonchev–Trinajstić information content (AvgIpc) is 2.63. The summed E-state index contributed by atoms with van der Waals surface area (Å²) in [6, 6.07) is 1.13. The predicted octanol–water partition coefficient (Wildman–Crippen LogP) is -0.0831. The van der Waals surface area contributed by atoms with E-state index in [9.17, 15) is 19.2 Å². The van der Waals surface area contributed by atoms with Crippen LogP contribution in [0.1, 0.15) is 24.3 Å². The SMILES string of the molecule is COCCN1C(=O)c2c(OC(=O)O[C@H](C)C(=O)OC)c(=O)ccn2N[C@@H]1C. The second-order valence-electron chi connectivity index (χ2n) is 5.66. The molecule has 148 valence electrons. The molecule has 1 amide bonds. The van der Waals surface area contributed by atoms with Crippen molar-refractivity contribution in [2.75, 3.05) is 32.8 Å². The van der Waals surface area contributed by atoms with Gasteiger partial charge in [0, 0.05) is 25.9 Å². The zero-order valence-corrected chi connectivity index (χ0v) is 15.4. The van der Waals surface area contributed by atoms with Gasteiger partial charge in [0.1, 0.15) is 6.17 Å². The van der Waals surface area contributed by atoms with Gasteiger partial charge in [-0.15, -0.1) is 0 Å². The van der Waals surface area contributed by atoms with Crippen LogP contribution in [-0.2, 0) is 19.0 Å². The highest BCUT2D eigenvalue weighted by Crippen LogP contribution is 2.21. The Bertz CT molecular complexity index is 790. The molecule has 1 aromatic rings. The van der Waals surface area contributed by atoms with Crippen molar-refractivity contribution in [3.05, 3.63) is 28.2 Å². The van der Waals surface area contributed by atoms with Crippen molar-refractivity contribution in [1.29, 1.82) is 0 Å². The first kappa shape index (κ1) is 20.2. The van der Waals surface area contributed by atoms with Crippen LogP contribution in [0, 0.1) is 0 Å². The van der Waals surface area contributed by atoms with E-state index in [-0.39, 0.29) is 25.0 Å². The lowest BCUT2D eigenvalue weighted by Crippen LogP contribution is -2.53. The van der Waals surface area contributed by atoms with E-state index in [1.54, 1.807) is 6.92 Å². The van der Waals surface area contributed by atoms with Crippen LogP contribution in [-0.4, -0.2) is 67.2 Å². The van der Waals surface area contributed by atoms with Gasteiger partial charge in [-0.25, -0.2) is 9.59 Å². The molecule has 11 heteroatoms. The molecule has 27 heavy (non-hydrogen) atoms. The van der Waals surface area contributed by atoms with Crippen molar-refractivity contribution in [2.45, 2.75) is 26.1 Å². The van der Waals surface area contributed by atoms with Gasteiger partial charge in [-0.3, -0.25) is 14.3 Å². The highest BCUT2D eigenvalue weighted by atomic mass is 16.7. The van der Waals surface area contributed by atoms with Crippen LogP contribution in [0.25, 0.3) is 0 Å². The number of amides is 1. The van der Waals surface area contributed by atoms with Gasteiger partial charge < -0.3 is 29.3 Å². The number of aromatic nitrogens is 1. The lowest BCUT2D eigenvalue weighted by molar-refractivity contribution is -0.150. The van der Waals surface area contributed by atoms with Crippen molar-refractivity contribution < 1.29 is 33.3 Å². The molecule has 0 saturated carbocycles. The Morgan fingerprint density at radius 1 is 1.30 bits per heavy atom. The minimum atomic E-state index is -1.31. The summed E-state index contributed by atoms with van der Waals surface area (Å²) in [5, 5.41) is 0. The number of esters is 1. The van der Waals surface area contributed by atoms with E-state index in [2.05, 4.69) is 10.2 Å². The first-order chi connectivity index (χ1) is 12.8. The Kier molecular flexibility index (Phi) is 6.40. The zero-order chi connectivity index (χ0) is 20.1. The summed E-state index contributed by atoms with van der Waals surface area (Å²) in [5.41, 5.74) is 2.12. The summed E-state index contributed by atoms with van der Waals surface area (Å²) in [4.78, 5) is 49.7. The lowest BCUT2D eigenvalue weighted by Gasteiger charge is -2.36. The highest BCUT2D eigenvalue weighted by molar-refractivity contribution is 5.97. The number of nitrogens with one attached hydrogen (secondary N) is 1. The highest BCUT2D eigenvalue weighted by Gasteiger charge is 2.34. The molecule has 11 nitrogen and oxygen atoms in total. The van der Waals surface area contributed by atoms with Gasteiger partial charge in [0.05, 0.1) is 13.7 Å². The number of methoxy groups -OCH3 is 2. The molecule has 1 N–H and O–H groups in total. The second-order valence-corrected chi connectivity index (χ2v) is 5.66. The van der Waals surface area contributed by atoms with Crippen molar-refractivity contribution in [3.8, 4) is 5.75 Å². The monoisotopic (exact) mass is 383 g/mol. The third kappa shape index (κ3) is 4.37. The van der Waals surface area contributed by atoms with Gasteiger partial charge in [0.25, 0.3) is 5.91 Å². The van der Waals surface area contributed by atoms with Gasteiger partial charge in [-0.1, -0.05) is 0 Å². The molecule has 1 aliphatic rings. The molecule has 1 aromatic heterocycles. The zero-order valence-electron chi connectivity index (χ0n) is 15.4. The quantitative estimate of drug-likeness (QED) is 0.671. The van der Waals surface area contributed by atoms with Crippen molar-refractivity contribution in [3.63, 3.8) is 0 Å². The molecule has 0 fully saturated rings. The normalized spacial score (nSPS) is 16.8. The van der Waals surface area contributed by atoms with E-state index in [4.69, 9.17) is 14.2 Å². The number of carbonyl (C=O) groups is 3. The number of fused-ring (bicyclic) bond motifs is 1. The summed E-state index contributed by atoms with van der Waals surface area (Å²) < 4.78 is 20.4. The van der Waals surface area contributed by atoms with E-state index in [1.807, 2.05) is 0 Å². The van der Waals surface area contributed by atoms with Crippen LogP contribution in [0.4, 0.5) is 4.79 Å². The fraction of sp³-hybridized carbons (Fsp3) is 0.500. The maximum Gasteiger partial charge on any atom is 0.514 e. The molecule has 0 bridgehead atoms. The average molecular weight is 383 g/mol. The molecule has 0 saturated heterocycles. The standard InChI is InChI=1S/C16H21N3O8/c1-9(15(22)25-4)26-16(23)27-13-11(20)5-6-19-12(13)14(21)18(7-8-24-3)10(2)17-19/h5-6,9-10,17H,7-8H2,1-4H3/t9-,10+/m1/s1. The molecule has 2 heterocycles. The molecule has 0 radical (unpaired) electrons. The van der Waals surface area contributed by atoms with Gasteiger partial charge in [-0.2, -0.15) is 0 Å². The van der Waals surface area contributed by atoms with Gasteiger partial charge in [0.15, 0.2) is 11.8 Å². The smallest absolute Gasteiger partial charge is 0.466 e. The molecular formula is C16H21N3O8. The molecule has 0 unspecified atom stereocenters. The summed E-state index contributed by atoms with van der Waals surface area (Å²) >= 11 is 0. The molecular weight excluding hydrogens is 362 g/mol. The van der Waals surface area contributed by atoms with E-state index in [0.717, 1.165) is 13.2 Å². The van der Waals surface area contributed by atoms with Gasteiger partial charge in [0.2, 0.25) is 11.2 Å². The fourth-order valence-electron chi connectivity index (χ4n) is 2.46. The largest absolute Gasteiger partial charge is 0.514 e. The van der Waals surface area contributed by atoms with E-state index in [1.165, 1.54) is 29.8 Å². The number of hydrogen-bond donors (Lipinski definition) is 1. The van der Waals surface area contributed by atoms with Gasteiger partial charge in [-0.05, 0) is 13.8 Å². The maximum atomic E-state index is 12.8. The number of pyridine rings is 1. The minimum Gasteiger partial charge on any atom is -0.466 e. The van der Waals surface area contributed by atoms with Crippen LogP contribution in [0.5, 0.6) is 5.75 Å². The minimum absolute atomic E-state index is 0.167. The number of hydrogen-bond acceptors (Lipinski definition) is 9. The summed E-state index contributed by atoms with van der Waals surface area (Å²) in [7, 11) is 2.63. The van der Waals surface area contributed by atoms with Crippen LogP contribution < -0.4 is 15.6 Å². The first-order valence-electron chi connectivity index (χ1n) is 8.08. The Morgan fingerprint density at radius 2 is 2.00 bits per heavy atom. The van der Waals surface area contributed by atoms with Crippen molar-refractivity contribution in [1.82, 2.24) is 9.58 Å². The van der Waals surface area contributed by atoms with Crippen LogP contribution in [0.15, 0.2) is 17.1 Å². The predicted molar refractivity (Wildman–Crippen MR) is 91.0 cm³/mol. The molecule has 0 aliphatic carbocycles. The molecule has 2 atom stereocenters. The molecule has 2 rings (SSSR count). The Morgan fingerprint density at radius 3 is 2.63 bits per heavy atom. The lowest BCUT2D eigenvalue weighted by atomic mass is 10.2. The number of rotatable bonds is 6. The Balaban J connectivity index is 2.30. The fourth-order valence-corrected chi connectivity index (χ4v) is 2.46. The third-order valence-corrected chi connectivity index (χ3v) is 3.84. The summed E-state index contributed by atoms with van der Waals surface area (Å²) in [6.07, 6.45) is -1.58. The summed E-state index contributed by atoms with van der Waals surface area (Å²) in [6.45, 7) is 3.57. The van der Waals surface area contributed by atoms with Gasteiger partial charge >= 0.3 is 12.1 Å². The summed E-state index contributed by atoms with van der Waals surface area (Å²) in [5.74, 6) is -1.83. The van der Waals surface area contributed by atoms with E-state index < -0.39 is 35.3 Å². The van der Waals surface area contributed by atoms with E-state index >= 15 is 0 Å². The Labute approximate surface area is 154 Å². The second kappa shape index (κ2) is 8.54. The Hall–Kier alpha value is -3.08. The van der Waals surface area contributed by atoms with Crippen LogP contribution >= 0.6 is 0 Å². The topological polar surface area (TPSA) is 125 Å². The molecule has 0 spiro atoms. The molecule has 1 aliphatic heterocycles. The number of carbonyl (C=O) groups excluding carboxylic acids is 3. The van der Waals surface area contributed by atoms with E-state index in [0.29, 0.717) is 0 Å². The third-order valence-electron chi connectivity index (χ3n) is 3.84. The number of ether oxygens (including phenoxy) is 4. The number of nitrogens with zero attached hydrogens (tertiary/aromatic N) is 2.